The van der Waals surface area contributed by atoms with Crippen LogP contribution in [0.4, 0.5) is 5.69 Å². The van der Waals surface area contributed by atoms with E-state index in [9.17, 15) is 4.79 Å². The van der Waals surface area contributed by atoms with E-state index in [1.807, 2.05) is 6.92 Å². The third-order valence-electron chi connectivity index (χ3n) is 3.39. The van der Waals surface area contributed by atoms with Crippen molar-refractivity contribution in [2.75, 3.05) is 51.7 Å². The highest BCUT2D eigenvalue weighted by Gasteiger charge is 2.11. The summed E-state index contributed by atoms with van der Waals surface area (Å²) in [5, 5.41) is 2.91. The lowest BCUT2D eigenvalue weighted by atomic mass is 10.1. The van der Waals surface area contributed by atoms with Crippen molar-refractivity contribution in [3.8, 4) is 5.75 Å². The molecule has 1 aromatic rings. The predicted molar refractivity (Wildman–Crippen MR) is 81.6 cm³/mol. The van der Waals surface area contributed by atoms with Crippen molar-refractivity contribution in [1.82, 2.24) is 10.2 Å². The van der Waals surface area contributed by atoms with Gasteiger partial charge in [-0.15, -0.1) is 0 Å². The average Bonchev–Trinajstić information content (AvgIpc) is 2.50. The number of carbonyl (C=O) groups is 1. The highest BCUT2D eigenvalue weighted by atomic mass is 16.5. The molecule has 6 heteroatoms. The molecule has 0 aliphatic carbocycles. The smallest absolute Gasteiger partial charge is 0.251 e. The van der Waals surface area contributed by atoms with Gasteiger partial charge in [-0.25, -0.2) is 0 Å². The first-order chi connectivity index (χ1) is 10.2. The van der Waals surface area contributed by atoms with E-state index in [0.717, 1.165) is 32.8 Å². The number of benzene rings is 1. The van der Waals surface area contributed by atoms with Crippen LogP contribution in [0.1, 0.15) is 17.3 Å². The maximum absolute atomic E-state index is 12.1. The first kappa shape index (κ1) is 15.6. The molecule has 21 heavy (non-hydrogen) atoms. The molecule has 1 aliphatic heterocycles. The van der Waals surface area contributed by atoms with Gasteiger partial charge in [0.05, 0.1) is 25.5 Å². The second-order valence-corrected chi connectivity index (χ2v) is 4.90. The lowest BCUT2D eigenvalue weighted by Gasteiger charge is -2.26. The monoisotopic (exact) mass is 293 g/mol. The minimum absolute atomic E-state index is 0.113. The van der Waals surface area contributed by atoms with E-state index in [1.54, 1.807) is 18.2 Å². The number of rotatable bonds is 6. The van der Waals surface area contributed by atoms with Crippen LogP contribution in [0.3, 0.4) is 0 Å². The lowest BCUT2D eigenvalue weighted by molar-refractivity contribution is 0.0383. The normalized spacial score (nSPS) is 15.7. The Morgan fingerprint density at radius 1 is 1.43 bits per heavy atom. The van der Waals surface area contributed by atoms with Gasteiger partial charge in [0, 0.05) is 31.7 Å². The van der Waals surface area contributed by atoms with Gasteiger partial charge in [-0.05, 0) is 25.1 Å². The number of hydrogen-bond acceptors (Lipinski definition) is 5. The molecule has 0 spiro atoms. The number of anilines is 1. The Morgan fingerprint density at radius 3 is 2.86 bits per heavy atom. The molecule has 1 aliphatic rings. The van der Waals surface area contributed by atoms with Gasteiger partial charge in [0.2, 0.25) is 0 Å². The number of nitrogens with one attached hydrogen (secondary N) is 1. The third kappa shape index (κ3) is 4.61. The Bertz CT molecular complexity index is 473. The van der Waals surface area contributed by atoms with Crippen molar-refractivity contribution in [3.63, 3.8) is 0 Å². The summed E-state index contributed by atoms with van der Waals surface area (Å²) in [6.45, 7) is 7.28. The molecule has 3 N–H and O–H groups in total. The summed E-state index contributed by atoms with van der Waals surface area (Å²) in [4.78, 5) is 14.3. The second kappa shape index (κ2) is 7.85. The maximum atomic E-state index is 12.1. The van der Waals surface area contributed by atoms with E-state index in [2.05, 4.69) is 10.2 Å². The molecule has 0 aromatic heterocycles. The maximum Gasteiger partial charge on any atom is 0.251 e. The highest BCUT2D eigenvalue weighted by Crippen LogP contribution is 2.22. The fourth-order valence-electron chi connectivity index (χ4n) is 2.23. The molecule has 1 fully saturated rings. The van der Waals surface area contributed by atoms with Crippen molar-refractivity contribution in [3.05, 3.63) is 23.8 Å². The van der Waals surface area contributed by atoms with Crippen LogP contribution in [-0.4, -0.2) is 56.8 Å². The Morgan fingerprint density at radius 2 is 2.19 bits per heavy atom. The number of morpholine rings is 1. The van der Waals surface area contributed by atoms with Gasteiger partial charge in [0.15, 0.2) is 0 Å². The lowest BCUT2D eigenvalue weighted by Crippen LogP contribution is -2.41. The molecule has 6 nitrogen and oxygen atoms in total. The van der Waals surface area contributed by atoms with E-state index in [-0.39, 0.29) is 5.91 Å². The molecule has 116 valence electrons. The number of carbonyl (C=O) groups excluding carboxylic acids is 1. The summed E-state index contributed by atoms with van der Waals surface area (Å²) in [5.41, 5.74) is 6.90. The van der Waals surface area contributed by atoms with Crippen molar-refractivity contribution < 1.29 is 14.3 Å². The van der Waals surface area contributed by atoms with E-state index in [0.29, 0.717) is 30.2 Å². The number of nitrogens with two attached hydrogens (primary N) is 1. The summed E-state index contributed by atoms with van der Waals surface area (Å²) >= 11 is 0. The molecule has 0 bridgehead atoms. The molecule has 0 radical (unpaired) electrons. The quantitative estimate of drug-likeness (QED) is 0.756. The Balaban J connectivity index is 1.81. The van der Waals surface area contributed by atoms with Crippen molar-refractivity contribution in [1.29, 1.82) is 0 Å². The molecule has 2 rings (SSSR count). The number of nitrogens with zero attached hydrogens (tertiary/aromatic N) is 1. The van der Waals surface area contributed by atoms with Crippen LogP contribution < -0.4 is 15.8 Å². The van der Waals surface area contributed by atoms with Crippen molar-refractivity contribution in [2.24, 2.45) is 0 Å². The molecular formula is C15H23N3O3. The molecule has 0 atom stereocenters. The third-order valence-corrected chi connectivity index (χ3v) is 3.39. The number of nitrogen functional groups attached to an aromatic ring is 1. The van der Waals surface area contributed by atoms with Crippen molar-refractivity contribution in [2.45, 2.75) is 6.92 Å². The zero-order valence-corrected chi connectivity index (χ0v) is 12.4. The van der Waals surface area contributed by atoms with E-state index in [1.165, 1.54) is 0 Å². The van der Waals surface area contributed by atoms with Gasteiger partial charge in [0.25, 0.3) is 5.91 Å². The van der Waals surface area contributed by atoms with Crippen LogP contribution in [0.25, 0.3) is 0 Å². The van der Waals surface area contributed by atoms with Crippen LogP contribution >= 0.6 is 0 Å². The van der Waals surface area contributed by atoms with E-state index < -0.39 is 0 Å². The number of amides is 1. The van der Waals surface area contributed by atoms with Gasteiger partial charge in [-0.3, -0.25) is 9.69 Å². The zero-order chi connectivity index (χ0) is 15.1. The van der Waals surface area contributed by atoms with E-state index in [4.69, 9.17) is 15.2 Å². The van der Waals surface area contributed by atoms with Crippen LogP contribution in [0, 0.1) is 0 Å². The van der Waals surface area contributed by atoms with Gasteiger partial charge in [-0.2, -0.15) is 0 Å². The fraction of sp³-hybridized carbons (Fsp3) is 0.533. The summed E-state index contributed by atoms with van der Waals surface area (Å²) in [5.74, 6) is 0.500. The fourth-order valence-corrected chi connectivity index (χ4v) is 2.23. The zero-order valence-electron chi connectivity index (χ0n) is 12.4. The summed E-state index contributed by atoms with van der Waals surface area (Å²) in [7, 11) is 0. The van der Waals surface area contributed by atoms with Crippen LogP contribution in [0.15, 0.2) is 18.2 Å². The van der Waals surface area contributed by atoms with Crippen LogP contribution in [-0.2, 0) is 4.74 Å². The Kier molecular flexibility index (Phi) is 5.83. The van der Waals surface area contributed by atoms with Crippen LogP contribution in [0.5, 0.6) is 5.75 Å². The average molecular weight is 293 g/mol. The molecule has 1 amide bonds. The first-order valence-electron chi connectivity index (χ1n) is 7.31. The molecule has 0 saturated carbocycles. The summed E-state index contributed by atoms with van der Waals surface area (Å²) < 4.78 is 10.6. The topological polar surface area (TPSA) is 76.8 Å². The summed E-state index contributed by atoms with van der Waals surface area (Å²) in [6, 6.07) is 5.11. The van der Waals surface area contributed by atoms with Gasteiger partial charge >= 0.3 is 0 Å². The standard InChI is InChI=1S/C15H23N3O3/c1-2-21-14-4-3-12(11-13(14)16)15(19)17-5-6-18-7-9-20-10-8-18/h3-4,11H,2,5-10,16H2,1H3,(H,17,19). The molecule has 1 heterocycles. The second-order valence-electron chi connectivity index (χ2n) is 4.90. The minimum Gasteiger partial charge on any atom is -0.492 e. The number of hydrogen-bond donors (Lipinski definition) is 2. The largest absolute Gasteiger partial charge is 0.492 e. The van der Waals surface area contributed by atoms with Crippen LogP contribution in [0.2, 0.25) is 0 Å². The van der Waals surface area contributed by atoms with Gasteiger partial charge < -0.3 is 20.5 Å². The summed E-state index contributed by atoms with van der Waals surface area (Å²) in [6.07, 6.45) is 0. The van der Waals surface area contributed by atoms with Gasteiger partial charge in [-0.1, -0.05) is 0 Å². The van der Waals surface area contributed by atoms with Crippen molar-refractivity contribution >= 4 is 11.6 Å². The molecule has 0 unspecified atom stereocenters. The molecule has 1 aromatic carbocycles. The van der Waals surface area contributed by atoms with Gasteiger partial charge in [0.1, 0.15) is 5.75 Å². The first-order valence-corrected chi connectivity index (χ1v) is 7.31. The predicted octanol–water partition coefficient (Wildman–Crippen LogP) is 0.730. The minimum atomic E-state index is -0.113. The SMILES string of the molecule is CCOc1ccc(C(=O)NCCN2CCOCC2)cc1N. The Hall–Kier alpha value is -1.79. The number of ether oxygens (including phenoxy) is 2. The Labute approximate surface area is 125 Å². The highest BCUT2D eigenvalue weighted by molar-refractivity contribution is 5.95. The molecular weight excluding hydrogens is 270 g/mol. The molecule has 1 saturated heterocycles. The van der Waals surface area contributed by atoms with E-state index >= 15 is 0 Å².